The number of carboxylic acid groups (broad SMARTS) is 1. The summed E-state index contributed by atoms with van der Waals surface area (Å²) >= 11 is 7.68. The molecule has 1 aromatic carbocycles. The topological polar surface area (TPSA) is 67.5 Å². The van der Waals surface area contributed by atoms with Crippen LogP contribution < -0.4 is 0 Å². The molecule has 0 amide bonds. The summed E-state index contributed by atoms with van der Waals surface area (Å²) in [7, 11) is 0. The zero-order valence-electron chi connectivity index (χ0n) is 10.9. The lowest BCUT2D eigenvalue weighted by atomic mass is 10.2. The van der Waals surface area contributed by atoms with Crippen molar-refractivity contribution >= 4 is 35.0 Å². The van der Waals surface area contributed by atoms with Gasteiger partial charge in [0.1, 0.15) is 0 Å². The van der Waals surface area contributed by atoms with Gasteiger partial charge in [-0.1, -0.05) is 29.8 Å². The van der Waals surface area contributed by atoms with Crippen LogP contribution >= 0.6 is 23.4 Å². The number of nitrogens with zero attached hydrogens (tertiary/aromatic N) is 3. The first-order valence-electron chi connectivity index (χ1n) is 6.03. The van der Waals surface area contributed by atoms with Gasteiger partial charge in [-0.15, -0.1) is 22.0 Å². The second kappa shape index (κ2) is 5.38. The second-order valence-corrected chi connectivity index (χ2v) is 5.55. The van der Waals surface area contributed by atoms with Gasteiger partial charge < -0.3 is 5.11 Å². The highest BCUT2D eigenvalue weighted by atomic mass is 35.5. The largest absolute Gasteiger partial charge is 0.478 e. The zero-order valence-corrected chi connectivity index (χ0v) is 12.5. The van der Waals surface area contributed by atoms with E-state index in [0.717, 1.165) is 10.5 Å². The SMILES string of the molecule is CSc1ccccc1-c1nnc2c(Cl)cc(C(=O)O)cn12. The molecule has 0 atom stereocenters. The van der Waals surface area contributed by atoms with E-state index in [1.54, 1.807) is 16.2 Å². The Balaban J connectivity index is 2.31. The van der Waals surface area contributed by atoms with Crippen molar-refractivity contribution in [2.75, 3.05) is 6.26 Å². The van der Waals surface area contributed by atoms with Gasteiger partial charge in [-0.05, 0) is 18.4 Å². The molecule has 7 heteroatoms. The van der Waals surface area contributed by atoms with Crippen LogP contribution in [0.25, 0.3) is 17.0 Å². The molecule has 0 aliphatic heterocycles. The fraction of sp³-hybridized carbons (Fsp3) is 0.0714. The monoisotopic (exact) mass is 319 g/mol. The maximum atomic E-state index is 11.2. The molecule has 0 saturated heterocycles. The van der Waals surface area contributed by atoms with Crippen LogP contribution in [-0.4, -0.2) is 31.9 Å². The highest BCUT2D eigenvalue weighted by Crippen LogP contribution is 2.30. The van der Waals surface area contributed by atoms with Crippen molar-refractivity contribution in [3.63, 3.8) is 0 Å². The lowest BCUT2D eigenvalue weighted by molar-refractivity contribution is 0.0696. The number of thioether (sulfide) groups is 1. The zero-order chi connectivity index (χ0) is 15.0. The van der Waals surface area contributed by atoms with Crippen molar-refractivity contribution in [1.29, 1.82) is 0 Å². The number of halogens is 1. The molecule has 1 N–H and O–H groups in total. The maximum absolute atomic E-state index is 11.2. The molecule has 2 aromatic heterocycles. The minimum atomic E-state index is -1.04. The fourth-order valence-electron chi connectivity index (χ4n) is 2.08. The van der Waals surface area contributed by atoms with Crippen molar-refractivity contribution in [3.05, 3.63) is 47.1 Å². The van der Waals surface area contributed by atoms with Gasteiger partial charge in [-0.2, -0.15) is 0 Å². The van der Waals surface area contributed by atoms with Crippen LogP contribution in [-0.2, 0) is 0 Å². The summed E-state index contributed by atoms with van der Waals surface area (Å²) in [5.41, 5.74) is 1.42. The van der Waals surface area contributed by atoms with Gasteiger partial charge in [-0.25, -0.2) is 4.79 Å². The number of aromatic nitrogens is 3. The third-order valence-electron chi connectivity index (χ3n) is 3.05. The normalized spacial score (nSPS) is 11.0. The van der Waals surface area contributed by atoms with Crippen molar-refractivity contribution in [1.82, 2.24) is 14.6 Å². The van der Waals surface area contributed by atoms with Crippen LogP contribution in [0.2, 0.25) is 5.02 Å². The van der Waals surface area contributed by atoms with Gasteiger partial charge in [-0.3, -0.25) is 4.40 Å². The molecule has 5 nitrogen and oxygen atoms in total. The molecular weight excluding hydrogens is 310 g/mol. The minimum absolute atomic E-state index is 0.0928. The molecule has 0 unspecified atom stereocenters. The minimum Gasteiger partial charge on any atom is -0.478 e. The summed E-state index contributed by atoms with van der Waals surface area (Å²) in [5, 5.41) is 17.6. The van der Waals surface area contributed by atoms with E-state index in [0.29, 0.717) is 11.5 Å². The van der Waals surface area contributed by atoms with E-state index < -0.39 is 5.97 Å². The fourth-order valence-corrected chi connectivity index (χ4v) is 2.92. The van der Waals surface area contributed by atoms with Crippen LogP contribution in [0.5, 0.6) is 0 Å². The molecule has 0 radical (unpaired) electrons. The highest BCUT2D eigenvalue weighted by molar-refractivity contribution is 7.98. The van der Waals surface area contributed by atoms with Crippen LogP contribution in [0, 0.1) is 0 Å². The number of carboxylic acids is 1. The van der Waals surface area contributed by atoms with Gasteiger partial charge in [0.15, 0.2) is 11.5 Å². The van der Waals surface area contributed by atoms with Crippen LogP contribution in [0.15, 0.2) is 41.4 Å². The van der Waals surface area contributed by atoms with Crippen molar-refractivity contribution in [3.8, 4) is 11.4 Å². The summed E-state index contributed by atoms with van der Waals surface area (Å²) in [5.74, 6) is -0.475. The van der Waals surface area contributed by atoms with Gasteiger partial charge >= 0.3 is 5.97 Å². The third-order valence-corrected chi connectivity index (χ3v) is 4.13. The Morgan fingerprint density at radius 3 is 2.81 bits per heavy atom. The summed E-state index contributed by atoms with van der Waals surface area (Å²) < 4.78 is 1.61. The molecule has 106 valence electrons. The molecule has 0 saturated carbocycles. The van der Waals surface area contributed by atoms with Crippen molar-refractivity contribution in [2.45, 2.75) is 4.90 Å². The predicted octanol–water partition coefficient (Wildman–Crippen LogP) is 3.47. The molecule has 0 aliphatic rings. The van der Waals surface area contributed by atoms with Gasteiger partial charge in [0, 0.05) is 16.7 Å². The number of hydrogen-bond acceptors (Lipinski definition) is 4. The third kappa shape index (κ3) is 2.36. The Morgan fingerprint density at radius 2 is 2.10 bits per heavy atom. The van der Waals surface area contributed by atoms with Crippen LogP contribution in [0.3, 0.4) is 0 Å². The highest BCUT2D eigenvalue weighted by Gasteiger charge is 2.16. The van der Waals surface area contributed by atoms with Gasteiger partial charge in [0.05, 0.1) is 10.6 Å². The smallest absolute Gasteiger partial charge is 0.337 e. The summed E-state index contributed by atoms with van der Waals surface area (Å²) in [6.07, 6.45) is 3.45. The number of pyridine rings is 1. The Labute approximate surface area is 129 Å². The summed E-state index contributed by atoms with van der Waals surface area (Å²) in [6.45, 7) is 0. The molecular formula is C14H10ClN3O2S. The number of carbonyl (C=O) groups is 1. The quantitative estimate of drug-likeness (QED) is 0.749. The molecule has 0 bridgehead atoms. The van der Waals surface area contributed by atoms with E-state index in [9.17, 15) is 4.79 Å². The van der Waals surface area contributed by atoms with Crippen LogP contribution in [0.1, 0.15) is 10.4 Å². The summed E-state index contributed by atoms with van der Waals surface area (Å²) in [6, 6.07) is 9.11. The summed E-state index contributed by atoms with van der Waals surface area (Å²) in [4.78, 5) is 12.2. The van der Waals surface area contributed by atoms with E-state index in [1.165, 1.54) is 12.3 Å². The number of hydrogen-bond donors (Lipinski definition) is 1. The maximum Gasteiger partial charge on any atom is 0.337 e. The number of rotatable bonds is 3. The van der Waals surface area contributed by atoms with Crippen LogP contribution in [0.4, 0.5) is 0 Å². The first-order valence-corrected chi connectivity index (χ1v) is 7.63. The first-order chi connectivity index (χ1) is 10.1. The van der Waals surface area contributed by atoms with Gasteiger partial charge in [0.25, 0.3) is 0 Å². The first kappa shape index (κ1) is 13.9. The Morgan fingerprint density at radius 1 is 1.33 bits per heavy atom. The molecule has 2 heterocycles. The van der Waals surface area contributed by atoms with E-state index in [-0.39, 0.29) is 10.6 Å². The average Bonchev–Trinajstić information content (AvgIpc) is 2.91. The second-order valence-electron chi connectivity index (χ2n) is 4.30. The molecule has 21 heavy (non-hydrogen) atoms. The number of aromatic carboxylic acids is 1. The lowest BCUT2D eigenvalue weighted by Crippen LogP contribution is -2.00. The van der Waals surface area contributed by atoms with E-state index in [1.807, 2.05) is 30.5 Å². The standard InChI is InChI=1S/C14H10ClN3O2S/c1-21-11-5-3-2-4-9(11)12-16-17-13-10(15)6-8(14(19)20)7-18(12)13/h2-7H,1H3,(H,19,20). The molecule has 0 fully saturated rings. The van der Waals surface area contributed by atoms with E-state index >= 15 is 0 Å². The molecule has 0 spiro atoms. The van der Waals surface area contributed by atoms with Crippen molar-refractivity contribution < 1.29 is 9.90 Å². The van der Waals surface area contributed by atoms with Crippen molar-refractivity contribution in [2.24, 2.45) is 0 Å². The number of benzene rings is 1. The van der Waals surface area contributed by atoms with E-state index in [2.05, 4.69) is 10.2 Å². The van der Waals surface area contributed by atoms with Gasteiger partial charge in [0.2, 0.25) is 0 Å². The Hall–Kier alpha value is -2.05. The molecule has 0 aliphatic carbocycles. The molecule has 3 aromatic rings. The Bertz CT molecular complexity index is 847. The lowest BCUT2D eigenvalue weighted by Gasteiger charge is -2.06. The number of fused-ring (bicyclic) bond motifs is 1. The predicted molar refractivity (Wildman–Crippen MR) is 82.2 cm³/mol. The van der Waals surface area contributed by atoms with E-state index in [4.69, 9.17) is 16.7 Å². The Kier molecular flexibility index (Phi) is 3.57. The molecule has 3 rings (SSSR count). The average molecular weight is 320 g/mol.